The first kappa shape index (κ1) is 17.0. The molecule has 0 saturated heterocycles. The Labute approximate surface area is 135 Å². The van der Waals surface area contributed by atoms with Crippen LogP contribution in [0.15, 0.2) is 53.4 Å². The van der Waals surface area contributed by atoms with E-state index in [2.05, 4.69) is 0 Å². The monoisotopic (exact) mass is 334 g/mol. The molecule has 0 amide bonds. The zero-order valence-electron chi connectivity index (χ0n) is 13.1. The van der Waals surface area contributed by atoms with Gasteiger partial charge in [0.15, 0.2) is 27.1 Å². The van der Waals surface area contributed by atoms with Crippen LogP contribution in [-0.2, 0) is 9.84 Å². The maximum absolute atomic E-state index is 12.6. The number of rotatable bonds is 6. The minimum Gasteiger partial charge on any atom is -0.493 e. The van der Waals surface area contributed by atoms with Gasteiger partial charge in [-0.15, -0.1) is 0 Å². The number of methoxy groups -OCH3 is 2. The molecule has 0 aromatic heterocycles. The molecule has 2 aromatic carbocycles. The number of carbonyl (C=O) groups excluding carboxylic acids is 1. The van der Waals surface area contributed by atoms with Crippen molar-refractivity contribution in [3.05, 3.63) is 54.1 Å². The second-order valence-corrected chi connectivity index (χ2v) is 7.20. The van der Waals surface area contributed by atoms with Crippen molar-refractivity contribution in [1.82, 2.24) is 0 Å². The second-order valence-electron chi connectivity index (χ2n) is 4.93. The summed E-state index contributed by atoms with van der Waals surface area (Å²) >= 11 is 0. The summed E-state index contributed by atoms with van der Waals surface area (Å²) in [6.45, 7) is 1.39. The summed E-state index contributed by atoms with van der Waals surface area (Å²) in [5.74, 6) is 0.361. The van der Waals surface area contributed by atoms with Crippen molar-refractivity contribution in [3.8, 4) is 11.5 Å². The van der Waals surface area contributed by atoms with Crippen LogP contribution in [0.3, 0.4) is 0 Å². The number of carbonyl (C=O) groups is 1. The maximum Gasteiger partial charge on any atom is 0.188 e. The summed E-state index contributed by atoms with van der Waals surface area (Å²) in [6, 6.07) is 12.5. The highest BCUT2D eigenvalue weighted by molar-refractivity contribution is 7.92. The molecule has 0 fully saturated rings. The van der Waals surface area contributed by atoms with Crippen LogP contribution < -0.4 is 9.47 Å². The second kappa shape index (κ2) is 6.83. The van der Waals surface area contributed by atoms with Gasteiger partial charge in [0.25, 0.3) is 0 Å². The van der Waals surface area contributed by atoms with Crippen LogP contribution in [0.1, 0.15) is 17.3 Å². The Hall–Kier alpha value is -2.34. The lowest BCUT2D eigenvalue weighted by Gasteiger charge is -2.14. The fourth-order valence-corrected chi connectivity index (χ4v) is 3.54. The molecule has 0 bridgehead atoms. The summed E-state index contributed by atoms with van der Waals surface area (Å²) in [5, 5.41) is -1.19. The van der Waals surface area contributed by atoms with Crippen LogP contribution in [0.5, 0.6) is 11.5 Å². The van der Waals surface area contributed by atoms with Gasteiger partial charge in [-0.25, -0.2) is 8.42 Å². The first-order valence-electron chi connectivity index (χ1n) is 6.97. The Bertz CT molecular complexity index is 797. The normalized spacial score (nSPS) is 12.5. The van der Waals surface area contributed by atoms with Gasteiger partial charge in [0, 0.05) is 5.56 Å². The Morgan fingerprint density at radius 3 is 2.13 bits per heavy atom. The van der Waals surface area contributed by atoms with Crippen LogP contribution in [0.25, 0.3) is 0 Å². The Morgan fingerprint density at radius 1 is 0.957 bits per heavy atom. The number of sulfone groups is 1. The van der Waals surface area contributed by atoms with E-state index in [-0.39, 0.29) is 10.5 Å². The van der Waals surface area contributed by atoms with E-state index in [1.807, 2.05) is 0 Å². The molecule has 0 aliphatic carbocycles. The van der Waals surface area contributed by atoms with Crippen molar-refractivity contribution in [1.29, 1.82) is 0 Å². The van der Waals surface area contributed by atoms with Gasteiger partial charge in [-0.05, 0) is 37.3 Å². The van der Waals surface area contributed by atoms with Gasteiger partial charge >= 0.3 is 0 Å². The topological polar surface area (TPSA) is 69.7 Å². The van der Waals surface area contributed by atoms with Crippen LogP contribution in [0.2, 0.25) is 0 Å². The summed E-state index contributed by atoms with van der Waals surface area (Å²) in [6.07, 6.45) is 0. The molecule has 0 saturated carbocycles. The standard InChI is InChI=1S/C17H18O5S/c1-12(23(19,20)14-7-5-4-6-8-14)17(18)13-9-10-15(21-2)16(11-13)22-3/h4-12H,1-3H3. The van der Waals surface area contributed by atoms with Crippen molar-refractivity contribution in [2.24, 2.45) is 0 Å². The molecule has 0 aliphatic rings. The number of benzene rings is 2. The third-order valence-corrected chi connectivity index (χ3v) is 5.65. The number of ketones is 1. The van der Waals surface area contributed by atoms with Crippen LogP contribution >= 0.6 is 0 Å². The van der Waals surface area contributed by atoms with Crippen molar-refractivity contribution in [3.63, 3.8) is 0 Å². The molecule has 1 atom stereocenters. The Balaban J connectivity index is 2.37. The van der Waals surface area contributed by atoms with Gasteiger partial charge in [0.1, 0.15) is 5.25 Å². The van der Waals surface area contributed by atoms with Gasteiger partial charge in [0.2, 0.25) is 0 Å². The molecule has 0 radical (unpaired) electrons. The molecule has 6 heteroatoms. The van der Waals surface area contributed by atoms with Gasteiger partial charge < -0.3 is 9.47 Å². The highest BCUT2D eigenvalue weighted by Gasteiger charge is 2.30. The highest BCUT2D eigenvalue weighted by Crippen LogP contribution is 2.29. The zero-order valence-corrected chi connectivity index (χ0v) is 14.0. The van der Waals surface area contributed by atoms with E-state index in [1.54, 1.807) is 24.3 Å². The maximum atomic E-state index is 12.6. The quantitative estimate of drug-likeness (QED) is 0.760. The zero-order chi connectivity index (χ0) is 17.0. The Morgan fingerprint density at radius 2 is 1.57 bits per heavy atom. The van der Waals surface area contributed by atoms with Crippen LogP contribution in [0.4, 0.5) is 0 Å². The van der Waals surface area contributed by atoms with Crippen LogP contribution in [0, 0.1) is 0 Å². The number of Topliss-reactive ketones (excluding diaryl/α,β-unsaturated/α-hetero) is 1. The molecule has 0 spiro atoms. The van der Waals surface area contributed by atoms with E-state index in [4.69, 9.17) is 9.47 Å². The van der Waals surface area contributed by atoms with E-state index < -0.39 is 20.9 Å². The fraction of sp³-hybridized carbons (Fsp3) is 0.235. The molecule has 23 heavy (non-hydrogen) atoms. The van der Waals surface area contributed by atoms with E-state index in [9.17, 15) is 13.2 Å². The predicted molar refractivity (Wildman–Crippen MR) is 87.0 cm³/mol. The fourth-order valence-electron chi connectivity index (χ4n) is 2.18. The summed E-state index contributed by atoms with van der Waals surface area (Å²) in [7, 11) is -0.801. The van der Waals surface area contributed by atoms with Gasteiger partial charge in [-0.3, -0.25) is 4.79 Å². The summed E-state index contributed by atoms with van der Waals surface area (Å²) in [5.41, 5.74) is 0.259. The van der Waals surface area contributed by atoms with Crippen molar-refractivity contribution in [2.75, 3.05) is 14.2 Å². The SMILES string of the molecule is COc1ccc(C(=O)C(C)S(=O)(=O)c2ccccc2)cc1OC. The van der Waals surface area contributed by atoms with Crippen LogP contribution in [-0.4, -0.2) is 33.7 Å². The molecule has 2 rings (SSSR count). The number of hydrogen-bond acceptors (Lipinski definition) is 5. The highest BCUT2D eigenvalue weighted by atomic mass is 32.2. The van der Waals surface area contributed by atoms with E-state index in [0.29, 0.717) is 11.5 Å². The minimum absolute atomic E-state index is 0.126. The van der Waals surface area contributed by atoms with Gasteiger partial charge in [0.05, 0.1) is 19.1 Å². The van der Waals surface area contributed by atoms with Crippen molar-refractivity contribution in [2.45, 2.75) is 17.1 Å². The molecule has 5 nitrogen and oxygen atoms in total. The number of hydrogen-bond donors (Lipinski definition) is 0. The molecule has 122 valence electrons. The third-order valence-electron chi connectivity index (χ3n) is 3.57. The van der Waals surface area contributed by atoms with Gasteiger partial charge in [-0.1, -0.05) is 18.2 Å². The molecular formula is C17H18O5S. The largest absolute Gasteiger partial charge is 0.493 e. The van der Waals surface area contributed by atoms with Gasteiger partial charge in [-0.2, -0.15) is 0 Å². The summed E-state index contributed by atoms with van der Waals surface area (Å²) in [4.78, 5) is 12.7. The first-order chi connectivity index (χ1) is 10.9. The first-order valence-corrected chi connectivity index (χ1v) is 8.51. The molecular weight excluding hydrogens is 316 g/mol. The average Bonchev–Trinajstić information content (AvgIpc) is 2.60. The lowest BCUT2D eigenvalue weighted by Crippen LogP contribution is -2.27. The molecule has 0 N–H and O–H groups in total. The van der Waals surface area contributed by atoms with Crippen molar-refractivity contribution < 1.29 is 22.7 Å². The Kier molecular flexibility index (Phi) is 5.05. The van der Waals surface area contributed by atoms with E-state index in [1.165, 1.54) is 45.4 Å². The van der Waals surface area contributed by atoms with E-state index >= 15 is 0 Å². The third kappa shape index (κ3) is 3.37. The predicted octanol–water partition coefficient (Wildman–Crippen LogP) is 2.75. The molecule has 1 unspecified atom stereocenters. The van der Waals surface area contributed by atoms with E-state index in [0.717, 1.165) is 0 Å². The van der Waals surface area contributed by atoms with Crippen molar-refractivity contribution >= 4 is 15.6 Å². The lowest BCUT2D eigenvalue weighted by molar-refractivity contribution is 0.0991. The smallest absolute Gasteiger partial charge is 0.188 e. The average molecular weight is 334 g/mol. The molecule has 0 heterocycles. The number of ether oxygens (including phenoxy) is 2. The molecule has 2 aromatic rings. The molecule has 0 aliphatic heterocycles. The minimum atomic E-state index is -3.74. The lowest BCUT2D eigenvalue weighted by atomic mass is 10.1. The summed E-state index contributed by atoms with van der Waals surface area (Å²) < 4.78 is 35.4.